The minimum absolute atomic E-state index is 0.120. The average molecular weight is 693 g/mol. The van der Waals surface area contributed by atoms with Crippen LogP contribution in [0, 0.1) is 25.2 Å². The lowest BCUT2D eigenvalue weighted by Gasteiger charge is -2.21. The number of imidazole rings is 1. The van der Waals surface area contributed by atoms with E-state index in [1.54, 1.807) is 53.1 Å². The van der Waals surface area contributed by atoms with Crippen molar-refractivity contribution in [1.29, 1.82) is 5.26 Å². The third kappa shape index (κ3) is 7.05. The third-order valence-corrected chi connectivity index (χ3v) is 12.0. The molecule has 0 aliphatic carbocycles. The highest BCUT2D eigenvalue weighted by Crippen LogP contribution is 2.37. The standard InChI is InChI=1S/C38H40N4O5SSi/c1-26-11-14-31(15-12-26)48(44,45)42-18-17-32-35(29(21-27(2)36(32)42)24-47-30-9-7-6-8-10-30)37(43)38-40-33-16-13-28(23-39)22-34(33)41(38)25-46-19-20-49(3,4)5/h6-18,21-22,37,43H,19-20,24-25H2,1-5H3. The van der Waals surface area contributed by atoms with Crippen molar-refractivity contribution in [1.82, 2.24) is 13.5 Å². The second-order valence-electron chi connectivity index (χ2n) is 13.5. The molecule has 1 atom stereocenters. The number of hydrogen-bond donors (Lipinski definition) is 1. The molecule has 0 fully saturated rings. The predicted molar refractivity (Wildman–Crippen MR) is 194 cm³/mol. The minimum atomic E-state index is -3.96. The maximum Gasteiger partial charge on any atom is 0.268 e. The molecule has 252 valence electrons. The largest absolute Gasteiger partial charge is 0.489 e. The van der Waals surface area contributed by atoms with Crippen LogP contribution in [0.1, 0.15) is 39.7 Å². The summed E-state index contributed by atoms with van der Waals surface area (Å²) in [5.41, 5.74) is 5.01. The maximum atomic E-state index is 14.0. The first-order valence-corrected chi connectivity index (χ1v) is 21.3. The van der Waals surface area contributed by atoms with Crippen molar-refractivity contribution < 1.29 is 23.0 Å². The van der Waals surface area contributed by atoms with Gasteiger partial charge < -0.3 is 19.1 Å². The molecule has 2 heterocycles. The van der Waals surface area contributed by atoms with E-state index in [1.807, 2.05) is 50.2 Å². The first kappa shape index (κ1) is 34.1. The van der Waals surface area contributed by atoms with Crippen molar-refractivity contribution in [2.45, 2.75) is 63.9 Å². The normalized spacial score (nSPS) is 12.8. The second-order valence-corrected chi connectivity index (χ2v) is 21.0. The van der Waals surface area contributed by atoms with Gasteiger partial charge >= 0.3 is 0 Å². The fourth-order valence-electron chi connectivity index (χ4n) is 5.96. The van der Waals surface area contributed by atoms with E-state index in [2.05, 4.69) is 25.7 Å². The number of aliphatic hydroxyl groups excluding tert-OH is 1. The van der Waals surface area contributed by atoms with Gasteiger partial charge in [0.05, 0.1) is 33.1 Å². The van der Waals surface area contributed by atoms with E-state index in [1.165, 1.54) is 10.2 Å². The van der Waals surface area contributed by atoms with Gasteiger partial charge in [0.1, 0.15) is 31.0 Å². The zero-order chi connectivity index (χ0) is 34.9. The monoisotopic (exact) mass is 692 g/mol. The summed E-state index contributed by atoms with van der Waals surface area (Å²) in [7, 11) is -5.33. The Bertz CT molecular complexity index is 2280. The highest BCUT2D eigenvalue weighted by molar-refractivity contribution is 7.90. The van der Waals surface area contributed by atoms with Crippen LogP contribution in [-0.2, 0) is 28.1 Å². The number of benzene rings is 4. The number of nitriles is 1. The van der Waals surface area contributed by atoms with Crippen LogP contribution in [0.25, 0.3) is 21.9 Å². The Morgan fingerprint density at radius 2 is 1.71 bits per heavy atom. The minimum Gasteiger partial charge on any atom is -0.489 e. The molecule has 1 N–H and O–H groups in total. The second kappa shape index (κ2) is 13.6. The number of fused-ring (bicyclic) bond motifs is 2. The molecule has 11 heteroatoms. The molecule has 0 saturated carbocycles. The van der Waals surface area contributed by atoms with Crippen molar-refractivity contribution in [2.24, 2.45) is 0 Å². The number of aliphatic hydroxyl groups is 1. The molecule has 2 aromatic heterocycles. The lowest BCUT2D eigenvalue weighted by Crippen LogP contribution is -2.22. The SMILES string of the molecule is Cc1ccc(S(=O)(=O)n2ccc3c(C(O)c4nc5ccc(C#N)cc5n4COCC[Si](C)(C)C)c(COc4ccccc4)cc(C)c32)cc1. The zero-order valence-electron chi connectivity index (χ0n) is 28.3. The van der Waals surface area contributed by atoms with Gasteiger partial charge in [-0.1, -0.05) is 61.6 Å². The Kier molecular flexibility index (Phi) is 9.51. The van der Waals surface area contributed by atoms with Crippen LogP contribution in [0.5, 0.6) is 5.75 Å². The van der Waals surface area contributed by atoms with Gasteiger partial charge in [-0.25, -0.2) is 17.4 Å². The molecular formula is C38H40N4O5SSi. The zero-order valence-corrected chi connectivity index (χ0v) is 30.2. The van der Waals surface area contributed by atoms with Gasteiger partial charge in [0.15, 0.2) is 0 Å². The average Bonchev–Trinajstić information content (AvgIpc) is 3.69. The summed E-state index contributed by atoms with van der Waals surface area (Å²) in [5, 5.41) is 22.6. The Balaban J connectivity index is 1.52. The van der Waals surface area contributed by atoms with Gasteiger partial charge in [0.25, 0.3) is 10.0 Å². The summed E-state index contributed by atoms with van der Waals surface area (Å²) in [5.74, 6) is 0.977. The highest BCUT2D eigenvalue weighted by Gasteiger charge is 2.29. The van der Waals surface area contributed by atoms with E-state index in [0.29, 0.717) is 62.4 Å². The lowest BCUT2D eigenvalue weighted by atomic mass is 9.95. The van der Waals surface area contributed by atoms with Crippen molar-refractivity contribution in [3.05, 3.63) is 125 Å². The number of ether oxygens (including phenoxy) is 2. The van der Waals surface area contributed by atoms with Crippen molar-refractivity contribution in [3.8, 4) is 11.8 Å². The number of para-hydroxylation sites is 1. The van der Waals surface area contributed by atoms with E-state index >= 15 is 0 Å². The van der Waals surface area contributed by atoms with Gasteiger partial charge in [-0.3, -0.25) is 0 Å². The summed E-state index contributed by atoms with van der Waals surface area (Å²) < 4.78 is 43.4. The Hall–Kier alpha value is -4.73. The van der Waals surface area contributed by atoms with Crippen molar-refractivity contribution in [3.63, 3.8) is 0 Å². The topological polar surface area (TPSA) is 119 Å². The Labute approximate surface area is 288 Å². The molecule has 0 spiro atoms. The molecule has 49 heavy (non-hydrogen) atoms. The van der Waals surface area contributed by atoms with E-state index in [-0.39, 0.29) is 18.2 Å². The number of nitrogens with zero attached hydrogens (tertiary/aromatic N) is 4. The van der Waals surface area contributed by atoms with E-state index < -0.39 is 24.2 Å². The number of aryl methyl sites for hydroxylation is 2. The van der Waals surface area contributed by atoms with Crippen LogP contribution in [-0.4, -0.2) is 41.7 Å². The Morgan fingerprint density at radius 3 is 2.41 bits per heavy atom. The van der Waals surface area contributed by atoms with Gasteiger partial charge in [0.2, 0.25) is 0 Å². The van der Waals surface area contributed by atoms with Crippen LogP contribution in [0.2, 0.25) is 25.7 Å². The smallest absolute Gasteiger partial charge is 0.268 e. The molecule has 6 aromatic rings. The fraction of sp³-hybridized carbons (Fsp3) is 0.263. The molecule has 0 amide bonds. The number of rotatable bonds is 12. The molecule has 0 bridgehead atoms. The molecule has 0 aliphatic heterocycles. The molecule has 6 rings (SSSR count). The first-order chi connectivity index (χ1) is 23.4. The molecular weight excluding hydrogens is 653 g/mol. The first-order valence-electron chi connectivity index (χ1n) is 16.2. The van der Waals surface area contributed by atoms with Crippen LogP contribution in [0.3, 0.4) is 0 Å². The van der Waals surface area contributed by atoms with Crippen LogP contribution < -0.4 is 4.74 Å². The van der Waals surface area contributed by atoms with E-state index in [9.17, 15) is 18.8 Å². The molecule has 0 aliphatic rings. The van der Waals surface area contributed by atoms with Gasteiger partial charge in [-0.2, -0.15) is 5.26 Å². The lowest BCUT2D eigenvalue weighted by molar-refractivity contribution is 0.0814. The summed E-state index contributed by atoms with van der Waals surface area (Å²) in [6.45, 7) is 11.4. The molecule has 9 nitrogen and oxygen atoms in total. The van der Waals surface area contributed by atoms with E-state index in [4.69, 9.17) is 14.5 Å². The van der Waals surface area contributed by atoms with Crippen LogP contribution >= 0.6 is 0 Å². The quantitative estimate of drug-likeness (QED) is 0.103. The number of aromatic nitrogens is 3. The van der Waals surface area contributed by atoms with Gasteiger partial charge in [0, 0.05) is 31.8 Å². The molecule has 1 unspecified atom stereocenters. The number of hydrogen-bond acceptors (Lipinski definition) is 7. The van der Waals surface area contributed by atoms with Crippen LogP contribution in [0.15, 0.2) is 96.0 Å². The summed E-state index contributed by atoms with van der Waals surface area (Å²) in [4.78, 5) is 5.02. The highest BCUT2D eigenvalue weighted by atomic mass is 32.2. The summed E-state index contributed by atoms with van der Waals surface area (Å²) in [6.07, 6.45) is 0.237. The molecule has 4 aromatic carbocycles. The van der Waals surface area contributed by atoms with Crippen molar-refractivity contribution in [2.75, 3.05) is 6.61 Å². The predicted octanol–water partition coefficient (Wildman–Crippen LogP) is 7.69. The van der Waals surface area contributed by atoms with Crippen LogP contribution in [0.4, 0.5) is 0 Å². The molecule has 0 saturated heterocycles. The van der Waals surface area contributed by atoms with Crippen molar-refractivity contribution >= 4 is 40.0 Å². The summed E-state index contributed by atoms with van der Waals surface area (Å²) in [6, 6.07) is 28.1. The van der Waals surface area contributed by atoms with Gasteiger partial charge in [-0.15, -0.1) is 0 Å². The van der Waals surface area contributed by atoms with E-state index in [0.717, 1.165) is 11.6 Å². The third-order valence-electron chi connectivity index (χ3n) is 8.61. The summed E-state index contributed by atoms with van der Waals surface area (Å²) >= 11 is 0. The Morgan fingerprint density at radius 1 is 0.980 bits per heavy atom. The fourth-order valence-corrected chi connectivity index (χ4v) is 8.13. The van der Waals surface area contributed by atoms with Gasteiger partial charge in [-0.05, 0) is 79.5 Å². The molecule has 0 radical (unpaired) electrons. The maximum absolute atomic E-state index is 14.0.